The van der Waals surface area contributed by atoms with Crippen molar-refractivity contribution >= 4 is 0 Å². The molecule has 0 N–H and O–H groups in total. The van der Waals surface area contributed by atoms with Crippen LogP contribution >= 0.6 is 0 Å². The maximum Gasteiger partial charge on any atom is 0.192 e. The van der Waals surface area contributed by atoms with Gasteiger partial charge in [0.1, 0.15) is 0 Å². The molecule has 4 heterocycles. The topological polar surface area (TPSA) is 13.0 Å². The number of rotatable bonds is 0. The number of hydrogen-bond acceptors (Lipinski definition) is 4. The molecule has 0 aromatic heterocycles. The molecule has 4 aliphatic heterocycles. The van der Waals surface area contributed by atoms with Crippen molar-refractivity contribution in [3.05, 3.63) is 0 Å². The van der Waals surface area contributed by atoms with E-state index in [9.17, 15) is 0 Å². The van der Waals surface area contributed by atoms with Gasteiger partial charge < -0.3 is 0 Å². The molecule has 4 aliphatic rings. The summed E-state index contributed by atoms with van der Waals surface area (Å²) in [5.41, 5.74) is 0. The van der Waals surface area contributed by atoms with Crippen LogP contribution in [0.15, 0.2) is 0 Å². The van der Waals surface area contributed by atoms with Gasteiger partial charge in [0, 0.05) is 52.4 Å². The second-order valence-electron chi connectivity index (χ2n) is 5.61. The minimum absolute atomic E-state index is 0.262. The fourth-order valence-corrected chi connectivity index (χ4v) is 4.02. The van der Waals surface area contributed by atoms with Gasteiger partial charge >= 0.3 is 0 Å². The Morgan fingerprint density at radius 3 is 1.29 bits per heavy atom. The molecular formula is C13H26N4. The summed E-state index contributed by atoms with van der Waals surface area (Å²) in [5.74, 6) is 0.262. The van der Waals surface area contributed by atoms with E-state index in [0.717, 1.165) is 0 Å². The Morgan fingerprint density at radius 2 is 0.941 bits per heavy atom. The molecule has 4 heteroatoms. The minimum atomic E-state index is 0.262. The van der Waals surface area contributed by atoms with Gasteiger partial charge in [-0.15, -0.1) is 0 Å². The summed E-state index contributed by atoms with van der Waals surface area (Å²) in [6.07, 6.45) is 2.61. The third-order valence-corrected chi connectivity index (χ3v) is 4.47. The first kappa shape index (κ1) is 11.9. The molecule has 4 nitrogen and oxygen atoms in total. The van der Waals surface area contributed by atoms with Gasteiger partial charge in [-0.1, -0.05) is 20.3 Å². The summed E-state index contributed by atoms with van der Waals surface area (Å²) >= 11 is 0. The van der Waals surface area contributed by atoms with Crippen LogP contribution in [0.3, 0.4) is 0 Å². The average molecular weight is 238 g/mol. The summed E-state index contributed by atoms with van der Waals surface area (Å²) in [6.45, 7) is 14.6. The molecule has 0 atom stereocenters. The highest BCUT2D eigenvalue weighted by molar-refractivity contribution is 5.06. The molecule has 4 fully saturated rings. The Balaban J connectivity index is 0.000000276. The standard InChI is InChI=1S/C10H18N4.C3H8/c1-2-11-4-6-13-8-9-14-7-5-12(3-1)10(11,13)14;1-3-2/h1-9H2;3H2,1-2H3. The van der Waals surface area contributed by atoms with Crippen LogP contribution < -0.4 is 0 Å². The maximum absolute atomic E-state index is 2.70. The van der Waals surface area contributed by atoms with Crippen molar-refractivity contribution in [3.63, 3.8) is 0 Å². The summed E-state index contributed by atoms with van der Waals surface area (Å²) in [5, 5.41) is 0. The highest BCUT2D eigenvalue weighted by Crippen LogP contribution is 2.43. The van der Waals surface area contributed by atoms with Crippen LogP contribution in [0, 0.1) is 0 Å². The molecule has 0 aromatic rings. The lowest BCUT2D eigenvalue weighted by atomic mass is 10.2. The second-order valence-corrected chi connectivity index (χ2v) is 5.61. The Hall–Kier alpha value is -0.160. The molecule has 4 saturated heterocycles. The van der Waals surface area contributed by atoms with Gasteiger partial charge in [0.05, 0.1) is 0 Å². The van der Waals surface area contributed by atoms with Crippen molar-refractivity contribution in [2.45, 2.75) is 32.6 Å². The van der Waals surface area contributed by atoms with E-state index < -0.39 is 0 Å². The predicted octanol–water partition coefficient (Wildman–Crippen LogP) is 0.667. The number of nitrogens with zero attached hydrogens (tertiary/aromatic N) is 4. The van der Waals surface area contributed by atoms with Crippen molar-refractivity contribution in [2.75, 3.05) is 52.4 Å². The normalized spacial score (nSPS) is 32.1. The van der Waals surface area contributed by atoms with Crippen LogP contribution in [0.5, 0.6) is 0 Å². The van der Waals surface area contributed by atoms with Gasteiger partial charge in [0.2, 0.25) is 0 Å². The molecule has 17 heavy (non-hydrogen) atoms. The van der Waals surface area contributed by atoms with Gasteiger partial charge in [-0.2, -0.15) is 0 Å². The van der Waals surface area contributed by atoms with E-state index in [1.54, 1.807) is 0 Å². The van der Waals surface area contributed by atoms with E-state index in [-0.39, 0.29) is 5.91 Å². The van der Waals surface area contributed by atoms with E-state index in [0.29, 0.717) is 0 Å². The highest BCUT2D eigenvalue weighted by Gasteiger charge is 2.62. The van der Waals surface area contributed by atoms with E-state index in [4.69, 9.17) is 0 Å². The third kappa shape index (κ3) is 1.51. The number of hydrogen-bond donors (Lipinski definition) is 0. The van der Waals surface area contributed by atoms with E-state index in [1.165, 1.54) is 65.2 Å². The van der Waals surface area contributed by atoms with Crippen molar-refractivity contribution in [1.82, 2.24) is 19.6 Å². The molecule has 0 saturated carbocycles. The van der Waals surface area contributed by atoms with Gasteiger partial charge in [0.25, 0.3) is 0 Å². The zero-order valence-corrected chi connectivity index (χ0v) is 11.4. The predicted molar refractivity (Wildman–Crippen MR) is 69.6 cm³/mol. The second kappa shape index (κ2) is 4.50. The van der Waals surface area contributed by atoms with Crippen LogP contribution in [-0.4, -0.2) is 77.9 Å². The van der Waals surface area contributed by atoms with E-state index in [1.807, 2.05) is 0 Å². The SMILES string of the molecule is C1CN2CCN3CCN4CCN(C1)C234.CCC. The quantitative estimate of drug-likeness (QED) is 0.615. The van der Waals surface area contributed by atoms with Gasteiger partial charge in [-0.25, -0.2) is 0 Å². The third-order valence-electron chi connectivity index (χ3n) is 4.47. The van der Waals surface area contributed by atoms with Crippen LogP contribution in [0.4, 0.5) is 0 Å². The van der Waals surface area contributed by atoms with Crippen molar-refractivity contribution in [3.8, 4) is 0 Å². The monoisotopic (exact) mass is 238 g/mol. The zero-order chi connectivity index (χ0) is 11.9. The van der Waals surface area contributed by atoms with Crippen molar-refractivity contribution in [2.24, 2.45) is 0 Å². The Labute approximate surface area is 105 Å². The highest BCUT2D eigenvalue weighted by atomic mass is 15.8. The van der Waals surface area contributed by atoms with Crippen molar-refractivity contribution < 1.29 is 0 Å². The first-order valence-corrected chi connectivity index (χ1v) is 7.34. The lowest BCUT2D eigenvalue weighted by Crippen LogP contribution is -2.67. The van der Waals surface area contributed by atoms with E-state index in [2.05, 4.69) is 33.4 Å². The molecule has 0 bridgehead atoms. The van der Waals surface area contributed by atoms with Crippen LogP contribution in [-0.2, 0) is 0 Å². The molecule has 4 rings (SSSR count). The first-order chi connectivity index (χ1) is 8.33. The van der Waals surface area contributed by atoms with Crippen LogP contribution in [0.25, 0.3) is 0 Å². The molecule has 0 amide bonds. The fourth-order valence-electron chi connectivity index (χ4n) is 4.02. The summed E-state index contributed by atoms with van der Waals surface area (Å²) in [4.78, 5) is 10.8. The lowest BCUT2D eigenvalue weighted by molar-refractivity contribution is -0.164. The van der Waals surface area contributed by atoms with Crippen LogP contribution in [0.2, 0.25) is 0 Å². The molecule has 0 unspecified atom stereocenters. The summed E-state index contributed by atoms with van der Waals surface area (Å²) in [6, 6.07) is 0. The summed E-state index contributed by atoms with van der Waals surface area (Å²) in [7, 11) is 0. The van der Waals surface area contributed by atoms with Crippen molar-refractivity contribution in [1.29, 1.82) is 0 Å². The van der Waals surface area contributed by atoms with Gasteiger partial charge in [-0.3, -0.25) is 19.6 Å². The molecule has 1 spiro atoms. The smallest absolute Gasteiger partial charge is 0.192 e. The minimum Gasteiger partial charge on any atom is -0.258 e. The van der Waals surface area contributed by atoms with Gasteiger partial charge in [0.15, 0.2) is 5.91 Å². The fraction of sp³-hybridized carbons (Fsp3) is 1.00. The van der Waals surface area contributed by atoms with Crippen LogP contribution in [0.1, 0.15) is 26.7 Å². The van der Waals surface area contributed by atoms with E-state index >= 15 is 0 Å². The molecule has 0 aliphatic carbocycles. The summed E-state index contributed by atoms with van der Waals surface area (Å²) < 4.78 is 0. The molecule has 0 aromatic carbocycles. The molecular weight excluding hydrogens is 212 g/mol. The first-order valence-electron chi connectivity index (χ1n) is 7.34. The molecule has 0 radical (unpaired) electrons. The zero-order valence-electron chi connectivity index (χ0n) is 11.4. The lowest BCUT2D eigenvalue weighted by Gasteiger charge is -2.49. The van der Waals surface area contributed by atoms with Gasteiger partial charge in [-0.05, 0) is 6.42 Å². The largest absolute Gasteiger partial charge is 0.258 e. The maximum atomic E-state index is 2.70. The Morgan fingerprint density at radius 1 is 0.647 bits per heavy atom. The molecule has 98 valence electrons. The Bertz CT molecular complexity index is 251. The Kier molecular flexibility index (Phi) is 3.15. The average Bonchev–Trinajstić information content (AvgIpc) is 2.95.